The molecule has 0 bridgehead atoms. The van der Waals surface area contributed by atoms with Gasteiger partial charge in [-0.2, -0.15) is 0 Å². The minimum absolute atomic E-state index is 0.758. The fraction of sp³-hybridized carbons (Fsp3) is 0.714. The Morgan fingerprint density at radius 2 is 2.21 bits per heavy atom. The zero-order chi connectivity index (χ0) is 9.97. The van der Waals surface area contributed by atoms with E-state index in [2.05, 4.69) is 32.1 Å². The minimum Gasteiger partial charge on any atom is -0.0806 e. The Hall–Kier alpha value is -0.520. The fourth-order valence-electron chi connectivity index (χ4n) is 2.47. The molecule has 78 valence electrons. The molecule has 0 aromatic rings. The first-order valence-corrected chi connectivity index (χ1v) is 6.19. The standard InChI is InChI=1S/C14H22/c1-3-11(2)12-7-9-14(10-8-12)13-5-4-6-13/h7-9,11,13-14H,3-6,10H2,1-2H3. The predicted octanol–water partition coefficient (Wildman–Crippen LogP) is 4.34. The molecule has 0 N–H and O–H groups in total. The SMILES string of the molecule is CCC(C)C1=CCC(C2CCC2)C=C1. The van der Waals surface area contributed by atoms with Gasteiger partial charge in [0.05, 0.1) is 0 Å². The second kappa shape index (κ2) is 4.33. The van der Waals surface area contributed by atoms with E-state index in [0.29, 0.717) is 0 Å². The van der Waals surface area contributed by atoms with Crippen LogP contribution in [0.4, 0.5) is 0 Å². The maximum Gasteiger partial charge on any atom is -0.0167 e. The van der Waals surface area contributed by atoms with Crippen LogP contribution in [-0.4, -0.2) is 0 Å². The van der Waals surface area contributed by atoms with Gasteiger partial charge >= 0.3 is 0 Å². The lowest BCUT2D eigenvalue weighted by molar-refractivity contribution is 0.241. The molecule has 0 amide bonds. The van der Waals surface area contributed by atoms with E-state index in [1.165, 1.54) is 32.1 Å². The van der Waals surface area contributed by atoms with Crippen LogP contribution in [0.5, 0.6) is 0 Å². The summed E-state index contributed by atoms with van der Waals surface area (Å²) in [6.07, 6.45) is 14.3. The smallest absolute Gasteiger partial charge is 0.0167 e. The minimum atomic E-state index is 0.758. The van der Waals surface area contributed by atoms with Crippen molar-refractivity contribution in [2.24, 2.45) is 17.8 Å². The fourth-order valence-corrected chi connectivity index (χ4v) is 2.47. The maximum absolute atomic E-state index is 2.48. The van der Waals surface area contributed by atoms with Gasteiger partial charge in [0.25, 0.3) is 0 Å². The van der Waals surface area contributed by atoms with Gasteiger partial charge in [0.15, 0.2) is 0 Å². The monoisotopic (exact) mass is 190 g/mol. The van der Waals surface area contributed by atoms with E-state index in [0.717, 1.165) is 17.8 Å². The molecule has 2 rings (SSSR count). The molecule has 0 heterocycles. The van der Waals surface area contributed by atoms with Crippen molar-refractivity contribution >= 4 is 0 Å². The van der Waals surface area contributed by atoms with Gasteiger partial charge in [-0.15, -0.1) is 0 Å². The van der Waals surface area contributed by atoms with Crippen LogP contribution in [0.3, 0.4) is 0 Å². The number of allylic oxidation sites excluding steroid dienone is 4. The van der Waals surface area contributed by atoms with E-state index in [-0.39, 0.29) is 0 Å². The van der Waals surface area contributed by atoms with E-state index in [1.807, 2.05) is 0 Å². The van der Waals surface area contributed by atoms with Crippen LogP contribution in [0.2, 0.25) is 0 Å². The molecule has 1 saturated carbocycles. The van der Waals surface area contributed by atoms with E-state index in [1.54, 1.807) is 5.57 Å². The molecule has 0 aliphatic heterocycles. The highest BCUT2D eigenvalue weighted by Gasteiger charge is 2.26. The molecule has 0 nitrogen and oxygen atoms in total. The second-order valence-electron chi connectivity index (χ2n) is 4.96. The molecular weight excluding hydrogens is 168 g/mol. The Balaban J connectivity index is 1.90. The molecule has 0 aromatic carbocycles. The van der Waals surface area contributed by atoms with Crippen molar-refractivity contribution in [2.75, 3.05) is 0 Å². The van der Waals surface area contributed by atoms with E-state index >= 15 is 0 Å². The zero-order valence-electron chi connectivity index (χ0n) is 9.50. The van der Waals surface area contributed by atoms with Crippen molar-refractivity contribution in [3.8, 4) is 0 Å². The summed E-state index contributed by atoms with van der Waals surface area (Å²) in [5.41, 5.74) is 1.57. The average molecular weight is 190 g/mol. The normalized spacial score (nSPS) is 29.6. The molecule has 2 atom stereocenters. The third-order valence-electron chi connectivity index (χ3n) is 4.10. The summed E-state index contributed by atoms with van der Waals surface area (Å²) in [5.74, 6) is 2.64. The molecule has 0 spiro atoms. The first-order chi connectivity index (χ1) is 6.81. The first kappa shape index (κ1) is 10.0. The van der Waals surface area contributed by atoms with Gasteiger partial charge in [-0.3, -0.25) is 0 Å². The van der Waals surface area contributed by atoms with Gasteiger partial charge in [-0.25, -0.2) is 0 Å². The van der Waals surface area contributed by atoms with E-state index in [4.69, 9.17) is 0 Å². The Kier molecular flexibility index (Phi) is 3.10. The van der Waals surface area contributed by atoms with Gasteiger partial charge in [0, 0.05) is 0 Å². The Labute approximate surface area is 88.1 Å². The number of hydrogen-bond acceptors (Lipinski definition) is 0. The van der Waals surface area contributed by atoms with Crippen LogP contribution in [0.25, 0.3) is 0 Å². The zero-order valence-corrected chi connectivity index (χ0v) is 9.50. The molecule has 2 unspecified atom stereocenters. The van der Waals surface area contributed by atoms with Gasteiger partial charge in [-0.1, -0.05) is 38.5 Å². The van der Waals surface area contributed by atoms with Crippen molar-refractivity contribution in [1.29, 1.82) is 0 Å². The summed E-state index contributed by atoms with van der Waals surface area (Å²) in [6.45, 7) is 4.61. The average Bonchev–Trinajstić information content (AvgIpc) is 2.15. The van der Waals surface area contributed by atoms with Crippen LogP contribution in [0.1, 0.15) is 46.0 Å². The summed E-state index contributed by atoms with van der Waals surface area (Å²) < 4.78 is 0. The van der Waals surface area contributed by atoms with Crippen molar-refractivity contribution in [3.63, 3.8) is 0 Å². The Morgan fingerprint density at radius 3 is 2.64 bits per heavy atom. The quantitative estimate of drug-likeness (QED) is 0.621. The molecule has 1 fully saturated rings. The molecule has 0 aromatic heterocycles. The van der Waals surface area contributed by atoms with Crippen molar-refractivity contribution in [2.45, 2.75) is 46.0 Å². The summed E-state index contributed by atoms with van der Waals surface area (Å²) >= 11 is 0. The van der Waals surface area contributed by atoms with Crippen LogP contribution >= 0.6 is 0 Å². The largest absolute Gasteiger partial charge is 0.0806 e. The van der Waals surface area contributed by atoms with E-state index in [9.17, 15) is 0 Å². The molecular formula is C14H22. The summed E-state index contributed by atoms with van der Waals surface area (Å²) in [6, 6.07) is 0. The second-order valence-corrected chi connectivity index (χ2v) is 4.96. The van der Waals surface area contributed by atoms with Crippen molar-refractivity contribution in [1.82, 2.24) is 0 Å². The molecule has 0 radical (unpaired) electrons. The molecule has 2 aliphatic rings. The lowest BCUT2D eigenvalue weighted by atomic mass is 9.72. The highest BCUT2D eigenvalue weighted by Crippen LogP contribution is 2.38. The molecule has 0 saturated heterocycles. The van der Waals surface area contributed by atoms with Crippen molar-refractivity contribution in [3.05, 3.63) is 23.8 Å². The van der Waals surface area contributed by atoms with Crippen LogP contribution in [-0.2, 0) is 0 Å². The third kappa shape index (κ3) is 1.94. The van der Waals surface area contributed by atoms with E-state index < -0.39 is 0 Å². The Bertz CT molecular complexity index is 243. The number of rotatable bonds is 3. The summed E-state index contributed by atoms with van der Waals surface area (Å²) in [5, 5.41) is 0. The van der Waals surface area contributed by atoms with Gasteiger partial charge in [-0.05, 0) is 49.0 Å². The van der Waals surface area contributed by atoms with Crippen LogP contribution < -0.4 is 0 Å². The summed E-state index contributed by atoms with van der Waals surface area (Å²) in [7, 11) is 0. The molecule has 14 heavy (non-hydrogen) atoms. The lowest BCUT2D eigenvalue weighted by Gasteiger charge is -2.33. The van der Waals surface area contributed by atoms with Gasteiger partial charge in [0.2, 0.25) is 0 Å². The Morgan fingerprint density at radius 1 is 1.43 bits per heavy atom. The molecule has 0 heteroatoms. The topological polar surface area (TPSA) is 0 Å². The lowest BCUT2D eigenvalue weighted by Crippen LogP contribution is -2.21. The number of hydrogen-bond donors (Lipinski definition) is 0. The molecule has 2 aliphatic carbocycles. The van der Waals surface area contributed by atoms with Gasteiger partial charge in [0.1, 0.15) is 0 Å². The van der Waals surface area contributed by atoms with Crippen LogP contribution in [0, 0.1) is 17.8 Å². The maximum atomic E-state index is 2.48. The predicted molar refractivity (Wildman–Crippen MR) is 62.1 cm³/mol. The highest BCUT2D eigenvalue weighted by atomic mass is 14.3. The summed E-state index contributed by atoms with van der Waals surface area (Å²) in [4.78, 5) is 0. The van der Waals surface area contributed by atoms with Crippen molar-refractivity contribution < 1.29 is 0 Å². The highest BCUT2D eigenvalue weighted by molar-refractivity contribution is 5.26. The third-order valence-corrected chi connectivity index (χ3v) is 4.10. The van der Waals surface area contributed by atoms with Crippen LogP contribution in [0.15, 0.2) is 23.8 Å². The van der Waals surface area contributed by atoms with Gasteiger partial charge < -0.3 is 0 Å². The first-order valence-electron chi connectivity index (χ1n) is 6.19.